The summed E-state index contributed by atoms with van der Waals surface area (Å²) >= 11 is 6.04. The number of carbonyl (C=O) groups excluding carboxylic acids is 1. The van der Waals surface area contributed by atoms with Gasteiger partial charge in [0.2, 0.25) is 5.91 Å². The van der Waals surface area contributed by atoms with E-state index in [0.717, 1.165) is 0 Å². The van der Waals surface area contributed by atoms with E-state index in [4.69, 9.17) is 16.3 Å². The Labute approximate surface area is 194 Å². The van der Waals surface area contributed by atoms with E-state index < -0.39 is 20.9 Å². The van der Waals surface area contributed by atoms with Gasteiger partial charge >= 0.3 is 0 Å². The van der Waals surface area contributed by atoms with Crippen LogP contribution >= 0.6 is 11.6 Å². The summed E-state index contributed by atoms with van der Waals surface area (Å²) in [5, 5.41) is 13.6. The smallest absolute Gasteiger partial charge is 0.270 e. The van der Waals surface area contributed by atoms with Gasteiger partial charge in [0.05, 0.1) is 22.7 Å². The molecule has 0 fully saturated rings. The average molecular weight is 488 g/mol. The van der Waals surface area contributed by atoms with Crippen molar-refractivity contribution in [2.24, 2.45) is 0 Å². The Morgan fingerprint density at radius 2 is 1.85 bits per heavy atom. The first kappa shape index (κ1) is 23.8. The minimum Gasteiger partial charge on any atom is -0.495 e. The van der Waals surface area contributed by atoms with Gasteiger partial charge in [0, 0.05) is 23.9 Å². The Morgan fingerprint density at radius 3 is 2.55 bits per heavy atom. The van der Waals surface area contributed by atoms with Gasteiger partial charge in [0.25, 0.3) is 15.7 Å². The summed E-state index contributed by atoms with van der Waals surface area (Å²) in [5.74, 6) is -0.492. The van der Waals surface area contributed by atoms with E-state index in [-0.39, 0.29) is 32.7 Å². The number of sulfonamides is 1. The molecule has 170 valence electrons. The average Bonchev–Trinajstić information content (AvgIpc) is 2.79. The highest BCUT2D eigenvalue weighted by molar-refractivity contribution is 7.92. The van der Waals surface area contributed by atoms with Gasteiger partial charge in [-0.1, -0.05) is 35.9 Å². The first-order valence-corrected chi connectivity index (χ1v) is 11.2. The predicted octanol–water partition coefficient (Wildman–Crippen LogP) is 4.71. The van der Waals surface area contributed by atoms with Crippen LogP contribution in [0.15, 0.2) is 77.7 Å². The summed E-state index contributed by atoms with van der Waals surface area (Å²) in [5.41, 5.74) is 0.745. The molecule has 0 unspecified atom stereocenters. The van der Waals surface area contributed by atoms with Crippen molar-refractivity contribution in [1.82, 2.24) is 0 Å². The van der Waals surface area contributed by atoms with Crippen molar-refractivity contribution in [3.05, 3.63) is 93.5 Å². The molecule has 9 nitrogen and oxygen atoms in total. The zero-order valence-corrected chi connectivity index (χ0v) is 18.8. The summed E-state index contributed by atoms with van der Waals surface area (Å²) in [6, 6.07) is 16.2. The summed E-state index contributed by atoms with van der Waals surface area (Å²) in [7, 11) is -2.77. The van der Waals surface area contributed by atoms with Crippen molar-refractivity contribution < 1.29 is 22.9 Å². The molecule has 3 aromatic rings. The third-order valence-electron chi connectivity index (χ3n) is 4.35. The van der Waals surface area contributed by atoms with E-state index in [1.54, 1.807) is 24.3 Å². The van der Waals surface area contributed by atoms with Crippen molar-refractivity contribution in [1.29, 1.82) is 0 Å². The van der Waals surface area contributed by atoms with E-state index in [1.807, 2.05) is 0 Å². The van der Waals surface area contributed by atoms with E-state index in [1.165, 1.54) is 61.7 Å². The van der Waals surface area contributed by atoms with Gasteiger partial charge in [-0.05, 0) is 42.0 Å². The summed E-state index contributed by atoms with van der Waals surface area (Å²) in [4.78, 5) is 22.4. The lowest BCUT2D eigenvalue weighted by Crippen LogP contribution is -2.15. The van der Waals surface area contributed by atoms with Crippen LogP contribution in [0.25, 0.3) is 6.08 Å². The standard InChI is InChI=1S/C22H18ClN3O6S/c1-32-20-11-10-16(14-21(20)33(30,31)25-19-8-3-2-7-18(19)23)24-22(27)12-9-15-5-4-6-17(13-15)26(28)29/h2-14,25H,1H3,(H,24,27)/b12-9+. The van der Waals surface area contributed by atoms with Crippen LogP contribution < -0.4 is 14.8 Å². The van der Waals surface area contributed by atoms with Gasteiger partial charge < -0.3 is 10.1 Å². The van der Waals surface area contributed by atoms with Crippen LogP contribution in [-0.2, 0) is 14.8 Å². The molecular formula is C22H18ClN3O6S. The number of nitro groups is 1. The zero-order valence-electron chi connectivity index (χ0n) is 17.2. The van der Waals surface area contributed by atoms with Gasteiger partial charge in [0.1, 0.15) is 10.6 Å². The fourth-order valence-corrected chi connectivity index (χ4v) is 4.32. The molecule has 3 rings (SSSR count). The highest BCUT2D eigenvalue weighted by atomic mass is 35.5. The van der Waals surface area contributed by atoms with E-state index in [9.17, 15) is 23.3 Å². The van der Waals surface area contributed by atoms with Crippen molar-refractivity contribution in [2.75, 3.05) is 17.1 Å². The lowest BCUT2D eigenvalue weighted by molar-refractivity contribution is -0.384. The largest absolute Gasteiger partial charge is 0.495 e. The van der Waals surface area contributed by atoms with E-state index in [0.29, 0.717) is 5.56 Å². The van der Waals surface area contributed by atoms with Gasteiger partial charge in [-0.2, -0.15) is 0 Å². The van der Waals surface area contributed by atoms with Crippen LogP contribution in [0.3, 0.4) is 0 Å². The van der Waals surface area contributed by atoms with Crippen LogP contribution in [0.1, 0.15) is 5.56 Å². The van der Waals surface area contributed by atoms with Crippen LogP contribution in [0.4, 0.5) is 17.1 Å². The number of hydrogen-bond acceptors (Lipinski definition) is 6. The number of amides is 1. The van der Waals surface area contributed by atoms with Crippen LogP contribution in [0, 0.1) is 10.1 Å². The molecule has 0 aromatic heterocycles. The number of methoxy groups -OCH3 is 1. The normalized spacial score (nSPS) is 11.2. The lowest BCUT2D eigenvalue weighted by Gasteiger charge is -2.14. The number of halogens is 1. The molecule has 0 heterocycles. The third-order valence-corrected chi connectivity index (χ3v) is 6.06. The monoisotopic (exact) mass is 487 g/mol. The lowest BCUT2D eigenvalue weighted by atomic mass is 10.2. The maximum atomic E-state index is 12.9. The molecule has 0 spiro atoms. The number of para-hydroxylation sites is 1. The summed E-state index contributed by atoms with van der Waals surface area (Å²) in [6.07, 6.45) is 2.59. The summed E-state index contributed by atoms with van der Waals surface area (Å²) in [6.45, 7) is 0. The zero-order chi connectivity index (χ0) is 24.0. The second-order valence-electron chi connectivity index (χ2n) is 6.63. The fourth-order valence-electron chi connectivity index (χ4n) is 2.81. The third kappa shape index (κ3) is 6.09. The number of ether oxygens (including phenoxy) is 1. The predicted molar refractivity (Wildman–Crippen MR) is 126 cm³/mol. The minimum atomic E-state index is -4.10. The van der Waals surface area contributed by atoms with Crippen LogP contribution in [0.2, 0.25) is 5.02 Å². The molecule has 0 saturated heterocycles. The number of anilines is 2. The van der Waals surface area contributed by atoms with Gasteiger partial charge in [-0.25, -0.2) is 8.42 Å². The molecule has 11 heteroatoms. The molecule has 3 aromatic carbocycles. The maximum absolute atomic E-state index is 12.9. The first-order valence-electron chi connectivity index (χ1n) is 9.38. The Bertz CT molecular complexity index is 1340. The van der Waals surface area contributed by atoms with Gasteiger partial charge in [-0.15, -0.1) is 0 Å². The Balaban J connectivity index is 1.81. The van der Waals surface area contributed by atoms with E-state index in [2.05, 4.69) is 10.0 Å². The molecule has 0 bridgehead atoms. The SMILES string of the molecule is COc1ccc(NC(=O)/C=C/c2cccc([N+](=O)[O-])c2)cc1S(=O)(=O)Nc1ccccc1Cl. The van der Waals surface area contributed by atoms with Crippen molar-refractivity contribution in [3.8, 4) is 5.75 Å². The second-order valence-corrected chi connectivity index (χ2v) is 8.68. The molecule has 0 atom stereocenters. The Hall–Kier alpha value is -3.89. The fraction of sp³-hybridized carbons (Fsp3) is 0.0455. The quantitative estimate of drug-likeness (QED) is 0.269. The van der Waals surface area contributed by atoms with E-state index >= 15 is 0 Å². The van der Waals surface area contributed by atoms with Crippen molar-refractivity contribution in [3.63, 3.8) is 0 Å². The highest BCUT2D eigenvalue weighted by Crippen LogP contribution is 2.30. The van der Waals surface area contributed by atoms with Crippen molar-refractivity contribution in [2.45, 2.75) is 4.90 Å². The number of hydrogen-bond donors (Lipinski definition) is 2. The molecule has 2 N–H and O–H groups in total. The van der Waals surface area contributed by atoms with Gasteiger partial charge in [-0.3, -0.25) is 19.6 Å². The number of nitrogens with zero attached hydrogens (tertiary/aromatic N) is 1. The second kappa shape index (κ2) is 10.2. The highest BCUT2D eigenvalue weighted by Gasteiger charge is 2.21. The molecule has 0 aliphatic heterocycles. The number of non-ortho nitro benzene ring substituents is 1. The molecule has 0 aliphatic rings. The first-order chi connectivity index (χ1) is 15.7. The molecule has 1 amide bonds. The maximum Gasteiger partial charge on any atom is 0.270 e. The Morgan fingerprint density at radius 1 is 1.09 bits per heavy atom. The van der Waals surface area contributed by atoms with Gasteiger partial charge in [0.15, 0.2) is 0 Å². The molecular weight excluding hydrogens is 470 g/mol. The number of benzene rings is 3. The molecule has 0 radical (unpaired) electrons. The topological polar surface area (TPSA) is 128 Å². The number of nitro benzene ring substituents is 1. The minimum absolute atomic E-state index is 0.0692. The number of nitrogens with one attached hydrogen (secondary N) is 2. The number of rotatable bonds is 8. The van der Waals surface area contributed by atoms with Crippen molar-refractivity contribution >= 4 is 50.7 Å². The molecule has 0 aliphatic carbocycles. The molecule has 33 heavy (non-hydrogen) atoms. The summed E-state index contributed by atoms with van der Waals surface area (Å²) < 4.78 is 33.4. The Kier molecular flexibility index (Phi) is 7.31. The van der Waals surface area contributed by atoms with Crippen LogP contribution in [-0.4, -0.2) is 26.4 Å². The van der Waals surface area contributed by atoms with Crippen LogP contribution in [0.5, 0.6) is 5.75 Å². The molecule has 0 saturated carbocycles. The number of carbonyl (C=O) groups is 1.